The van der Waals surface area contributed by atoms with Crippen molar-refractivity contribution in [2.45, 2.75) is 10.3 Å². The number of carbonyl (C=O) groups is 1. The zero-order valence-electron chi connectivity index (χ0n) is 17.7. The first kappa shape index (κ1) is 22.3. The third kappa shape index (κ3) is 4.79. The van der Waals surface area contributed by atoms with E-state index in [0.717, 1.165) is 22.8 Å². The normalized spacial score (nSPS) is 15.4. The molecule has 0 bridgehead atoms. The number of hydrogen-bond donors (Lipinski definition) is 1. The van der Waals surface area contributed by atoms with E-state index in [-0.39, 0.29) is 10.1 Å². The Hall–Kier alpha value is -2.88. The van der Waals surface area contributed by atoms with Gasteiger partial charge in [0.2, 0.25) is 5.91 Å². The van der Waals surface area contributed by atoms with Crippen LogP contribution in [-0.4, -0.2) is 52.5 Å². The number of nitrogens with zero attached hydrogens (tertiary/aromatic N) is 2. The number of anilines is 1. The number of nitrogens with one attached hydrogen (secondary N) is 1. The Balaban J connectivity index is 1.52. The van der Waals surface area contributed by atoms with Gasteiger partial charge in [-0.1, -0.05) is 48.5 Å². The van der Waals surface area contributed by atoms with Crippen LogP contribution in [0.4, 0.5) is 5.69 Å². The number of amides is 1. The molecule has 4 rings (SSSR count). The molecule has 1 aromatic heterocycles. The van der Waals surface area contributed by atoms with Gasteiger partial charge in [0.25, 0.3) is 10.0 Å². The number of carbonyl (C=O) groups excluding carboxylic acids is 1. The minimum Gasteiger partial charge on any atom is -0.495 e. The molecule has 9 heteroatoms. The molecule has 1 amide bonds. The number of rotatable bonds is 7. The Kier molecular flexibility index (Phi) is 6.78. The van der Waals surface area contributed by atoms with E-state index in [0.29, 0.717) is 31.7 Å². The zero-order chi connectivity index (χ0) is 22.6. The fourth-order valence-corrected chi connectivity index (χ4v) is 5.96. The minimum atomic E-state index is -3.82. The SMILES string of the molecule is COc1ccccc1N1CCN(C(=O)[C@@H](NS(=O)(=O)c2cccs2)c2ccccc2)CC1. The van der Waals surface area contributed by atoms with Crippen molar-refractivity contribution in [2.75, 3.05) is 38.2 Å². The number of benzene rings is 2. The molecule has 2 heterocycles. The monoisotopic (exact) mass is 471 g/mol. The molecule has 7 nitrogen and oxygen atoms in total. The minimum absolute atomic E-state index is 0.187. The second-order valence-corrected chi connectivity index (χ2v) is 10.3. The number of ether oxygens (including phenoxy) is 1. The first-order valence-electron chi connectivity index (χ1n) is 10.3. The summed E-state index contributed by atoms with van der Waals surface area (Å²) in [6.07, 6.45) is 0. The highest BCUT2D eigenvalue weighted by Crippen LogP contribution is 2.29. The van der Waals surface area contributed by atoms with E-state index in [2.05, 4.69) is 9.62 Å². The molecule has 0 saturated carbocycles. The molecule has 1 aliphatic rings. The summed E-state index contributed by atoms with van der Waals surface area (Å²) in [6, 6.07) is 19.0. The maximum Gasteiger partial charge on any atom is 0.251 e. The Labute approximate surface area is 192 Å². The maximum atomic E-state index is 13.5. The molecule has 1 N–H and O–H groups in total. The van der Waals surface area contributed by atoms with Gasteiger partial charge in [-0.2, -0.15) is 4.72 Å². The third-order valence-corrected chi connectivity index (χ3v) is 8.25. The van der Waals surface area contributed by atoms with Crippen molar-refractivity contribution in [1.29, 1.82) is 0 Å². The lowest BCUT2D eigenvalue weighted by atomic mass is 10.1. The summed E-state index contributed by atoms with van der Waals surface area (Å²) >= 11 is 1.12. The molecule has 0 spiro atoms. The molecule has 32 heavy (non-hydrogen) atoms. The van der Waals surface area contributed by atoms with Crippen molar-refractivity contribution in [3.63, 3.8) is 0 Å². The van der Waals surface area contributed by atoms with Crippen LogP contribution >= 0.6 is 11.3 Å². The summed E-state index contributed by atoms with van der Waals surface area (Å²) in [5.41, 5.74) is 1.60. The largest absolute Gasteiger partial charge is 0.495 e. The summed E-state index contributed by atoms with van der Waals surface area (Å²) in [5, 5.41) is 1.70. The highest BCUT2D eigenvalue weighted by atomic mass is 32.2. The van der Waals surface area contributed by atoms with Crippen LogP contribution in [0.1, 0.15) is 11.6 Å². The van der Waals surface area contributed by atoms with E-state index in [9.17, 15) is 13.2 Å². The number of piperazine rings is 1. The third-order valence-electron chi connectivity index (χ3n) is 5.43. The van der Waals surface area contributed by atoms with Gasteiger partial charge in [0, 0.05) is 26.2 Å². The molecule has 1 aliphatic heterocycles. The van der Waals surface area contributed by atoms with Crippen LogP contribution < -0.4 is 14.4 Å². The van der Waals surface area contributed by atoms with Crippen molar-refractivity contribution in [2.24, 2.45) is 0 Å². The van der Waals surface area contributed by atoms with Crippen molar-refractivity contribution >= 4 is 33.0 Å². The van der Waals surface area contributed by atoms with E-state index in [1.54, 1.807) is 47.7 Å². The van der Waals surface area contributed by atoms with Crippen molar-refractivity contribution in [3.8, 4) is 5.75 Å². The van der Waals surface area contributed by atoms with Crippen molar-refractivity contribution < 1.29 is 17.9 Å². The topological polar surface area (TPSA) is 79.0 Å². The van der Waals surface area contributed by atoms with Gasteiger partial charge in [-0.15, -0.1) is 11.3 Å². The molecule has 1 atom stereocenters. The number of para-hydroxylation sites is 2. The predicted octanol–water partition coefficient (Wildman–Crippen LogP) is 3.13. The van der Waals surface area contributed by atoms with Gasteiger partial charge in [0.05, 0.1) is 12.8 Å². The fraction of sp³-hybridized carbons (Fsp3) is 0.261. The molecule has 0 unspecified atom stereocenters. The number of sulfonamides is 1. The van der Waals surface area contributed by atoms with E-state index in [4.69, 9.17) is 4.74 Å². The molecule has 168 valence electrons. The van der Waals surface area contributed by atoms with Gasteiger partial charge >= 0.3 is 0 Å². The van der Waals surface area contributed by atoms with Crippen LogP contribution in [0.25, 0.3) is 0 Å². The van der Waals surface area contributed by atoms with Gasteiger partial charge in [0.1, 0.15) is 16.0 Å². The second-order valence-electron chi connectivity index (χ2n) is 7.38. The molecular formula is C23H25N3O4S2. The highest BCUT2D eigenvalue weighted by Gasteiger charge is 2.33. The van der Waals surface area contributed by atoms with Gasteiger partial charge < -0.3 is 14.5 Å². The van der Waals surface area contributed by atoms with Crippen LogP contribution in [-0.2, 0) is 14.8 Å². The van der Waals surface area contributed by atoms with Crippen LogP contribution in [0.3, 0.4) is 0 Å². The van der Waals surface area contributed by atoms with E-state index < -0.39 is 16.1 Å². The van der Waals surface area contributed by atoms with Gasteiger partial charge in [-0.3, -0.25) is 4.79 Å². The lowest BCUT2D eigenvalue weighted by Crippen LogP contribution is -2.52. The lowest BCUT2D eigenvalue weighted by Gasteiger charge is -2.38. The molecule has 1 fully saturated rings. The Morgan fingerprint density at radius 2 is 1.66 bits per heavy atom. The van der Waals surface area contributed by atoms with Crippen LogP contribution in [0, 0.1) is 0 Å². The van der Waals surface area contributed by atoms with E-state index >= 15 is 0 Å². The van der Waals surface area contributed by atoms with Gasteiger partial charge in [0.15, 0.2) is 0 Å². The van der Waals surface area contributed by atoms with Crippen LogP contribution in [0.15, 0.2) is 76.3 Å². The number of hydrogen-bond acceptors (Lipinski definition) is 6. The summed E-state index contributed by atoms with van der Waals surface area (Å²) in [5.74, 6) is 0.536. The summed E-state index contributed by atoms with van der Waals surface area (Å²) in [7, 11) is -2.18. The first-order chi connectivity index (χ1) is 15.5. The highest BCUT2D eigenvalue weighted by molar-refractivity contribution is 7.91. The second kappa shape index (κ2) is 9.72. The fourth-order valence-electron chi connectivity index (χ4n) is 3.78. The molecule has 1 saturated heterocycles. The Bertz CT molecular complexity index is 1140. The predicted molar refractivity (Wildman–Crippen MR) is 126 cm³/mol. The maximum absolute atomic E-state index is 13.5. The molecule has 2 aromatic carbocycles. The molecular weight excluding hydrogens is 446 g/mol. The van der Waals surface area contributed by atoms with Crippen molar-refractivity contribution in [3.05, 3.63) is 77.7 Å². The molecule has 3 aromatic rings. The average Bonchev–Trinajstić information content (AvgIpc) is 3.39. The average molecular weight is 472 g/mol. The number of thiophene rings is 1. The van der Waals surface area contributed by atoms with Crippen LogP contribution in [0.5, 0.6) is 5.75 Å². The smallest absolute Gasteiger partial charge is 0.251 e. The lowest BCUT2D eigenvalue weighted by molar-refractivity contribution is -0.133. The number of methoxy groups -OCH3 is 1. The molecule has 0 aliphatic carbocycles. The summed E-state index contributed by atoms with van der Waals surface area (Å²) in [6.45, 7) is 2.23. The van der Waals surface area contributed by atoms with Gasteiger partial charge in [-0.25, -0.2) is 8.42 Å². The standard InChI is InChI=1S/C23H25N3O4S2/c1-30-20-11-6-5-10-19(20)25-13-15-26(16-14-25)23(27)22(18-8-3-2-4-9-18)24-32(28,29)21-12-7-17-31-21/h2-12,17,22,24H,13-16H2,1H3/t22-/m0/s1. The van der Waals surface area contributed by atoms with Gasteiger partial charge in [-0.05, 0) is 29.1 Å². The Morgan fingerprint density at radius 3 is 2.31 bits per heavy atom. The first-order valence-corrected chi connectivity index (χ1v) is 12.6. The molecule has 0 radical (unpaired) electrons. The Morgan fingerprint density at radius 1 is 0.969 bits per heavy atom. The van der Waals surface area contributed by atoms with Crippen LogP contribution in [0.2, 0.25) is 0 Å². The van der Waals surface area contributed by atoms with E-state index in [1.807, 2.05) is 30.3 Å². The summed E-state index contributed by atoms with van der Waals surface area (Å²) < 4.78 is 34.0. The summed E-state index contributed by atoms with van der Waals surface area (Å²) in [4.78, 5) is 17.4. The zero-order valence-corrected chi connectivity index (χ0v) is 19.3. The quantitative estimate of drug-likeness (QED) is 0.573. The van der Waals surface area contributed by atoms with Crippen molar-refractivity contribution in [1.82, 2.24) is 9.62 Å². The van der Waals surface area contributed by atoms with E-state index in [1.165, 1.54) is 6.07 Å².